The van der Waals surface area contributed by atoms with Crippen molar-refractivity contribution in [3.63, 3.8) is 0 Å². The highest BCUT2D eigenvalue weighted by Gasteiger charge is 2.19. The molecule has 0 spiro atoms. The first kappa shape index (κ1) is 22.6. The molecule has 8 heteroatoms. The maximum Gasteiger partial charge on any atom is 0.357 e. The number of hydrogen-bond acceptors (Lipinski definition) is 6. The van der Waals surface area contributed by atoms with Gasteiger partial charge < -0.3 is 10.1 Å². The summed E-state index contributed by atoms with van der Waals surface area (Å²) in [5.74, 6) is -0.999. The Hall–Kier alpha value is -4.17. The SMILES string of the molecule is CCOC(=O)c1csc(-c2cccc(C3=Nc4ccc(-c5ccccc5F)cc4NC(=O)C3)c2)n1. The number of amides is 1. The minimum Gasteiger partial charge on any atom is -0.461 e. The number of hydrogen-bond donors (Lipinski definition) is 1. The second-order valence-electron chi connectivity index (χ2n) is 7.83. The summed E-state index contributed by atoms with van der Waals surface area (Å²) in [5, 5.41) is 5.22. The van der Waals surface area contributed by atoms with Gasteiger partial charge in [-0.2, -0.15) is 0 Å². The molecule has 1 aromatic heterocycles. The van der Waals surface area contributed by atoms with Crippen LogP contribution in [0.15, 0.2) is 77.1 Å². The number of ether oxygens (including phenoxy) is 1. The Kier molecular flexibility index (Phi) is 6.20. The van der Waals surface area contributed by atoms with E-state index in [4.69, 9.17) is 9.73 Å². The summed E-state index contributed by atoms with van der Waals surface area (Å²) in [6.07, 6.45) is 0.0825. The quantitative estimate of drug-likeness (QED) is 0.339. The number of benzene rings is 3. The molecule has 1 aliphatic rings. The van der Waals surface area contributed by atoms with Gasteiger partial charge in [0.15, 0.2) is 5.69 Å². The number of esters is 1. The fourth-order valence-electron chi connectivity index (χ4n) is 3.83. The lowest BCUT2D eigenvalue weighted by Crippen LogP contribution is -2.15. The zero-order chi connectivity index (χ0) is 24.4. The Morgan fingerprint density at radius 3 is 2.71 bits per heavy atom. The van der Waals surface area contributed by atoms with Gasteiger partial charge in [-0.05, 0) is 42.3 Å². The van der Waals surface area contributed by atoms with E-state index in [-0.39, 0.29) is 30.4 Å². The maximum atomic E-state index is 14.3. The van der Waals surface area contributed by atoms with Gasteiger partial charge in [-0.25, -0.2) is 14.2 Å². The molecule has 1 N–H and O–H groups in total. The molecule has 0 unspecified atom stereocenters. The minimum atomic E-state index is -0.456. The molecule has 0 atom stereocenters. The topological polar surface area (TPSA) is 80.6 Å². The molecule has 35 heavy (non-hydrogen) atoms. The van der Waals surface area contributed by atoms with Crippen molar-refractivity contribution in [1.82, 2.24) is 4.98 Å². The third-order valence-corrected chi connectivity index (χ3v) is 6.36. The van der Waals surface area contributed by atoms with E-state index in [2.05, 4.69) is 10.3 Å². The molecule has 1 amide bonds. The van der Waals surface area contributed by atoms with E-state index in [0.717, 1.165) is 11.1 Å². The van der Waals surface area contributed by atoms with Gasteiger partial charge in [0, 0.05) is 16.5 Å². The van der Waals surface area contributed by atoms with Crippen LogP contribution in [-0.2, 0) is 9.53 Å². The van der Waals surface area contributed by atoms with Gasteiger partial charge in [0.25, 0.3) is 0 Å². The molecule has 0 saturated heterocycles. The molecule has 3 aromatic carbocycles. The average molecular weight is 486 g/mol. The lowest BCUT2D eigenvalue weighted by molar-refractivity contribution is -0.115. The third kappa shape index (κ3) is 4.74. The predicted molar refractivity (Wildman–Crippen MR) is 135 cm³/mol. The van der Waals surface area contributed by atoms with Crippen molar-refractivity contribution >= 4 is 40.3 Å². The summed E-state index contributed by atoms with van der Waals surface area (Å²) in [5.41, 5.74) is 4.69. The van der Waals surface area contributed by atoms with Crippen LogP contribution in [0.1, 0.15) is 29.4 Å². The number of aliphatic imine (C=N–C) groups is 1. The highest BCUT2D eigenvalue weighted by molar-refractivity contribution is 7.13. The van der Waals surface area contributed by atoms with Gasteiger partial charge in [-0.3, -0.25) is 9.79 Å². The van der Waals surface area contributed by atoms with Crippen molar-refractivity contribution in [1.29, 1.82) is 0 Å². The Labute approximate surface area is 205 Å². The highest BCUT2D eigenvalue weighted by atomic mass is 32.1. The number of halogens is 1. The number of fused-ring (bicyclic) bond motifs is 1. The van der Waals surface area contributed by atoms with Crippen LogP contribution in [-0.4, -0.2) is 29.2 Å². The summed E-state index contributed by atoms with van der Waals surface area (Å²) in [4.78, 5) is 33.8. The van der Waals surface area contributed by atoms with E-state index >= 15 is 0 Å². The molecule has 0 aliphatic carbocycles. The van der Waals surface area contributed by atoms with E-state index in [0.29, 0.717) is 33.2 Å². The maximum absolute atomic E-state index is 14.3. The minimum absolute atomic E-state index is 0.0825. The van der Waals surface area contributed by atoms with E-state index < -0.39 is 5.97 Å². The van der Waals surface area contributed by atoms with Crippen LogP contribution >= 0.6 is 11.3 Å². The largest absolute Gasteiger partial charge is 0.461 e. The van der Waals surface area contributed by atoms with Gasteiger partial charge in [-0.1, -0.05) is 42.5 Å². The number of carbonyl (C=O) groups excluding carboxylic acids is 2. The first-order valence-corrected chi connectivity index (χ1v) is 11.9. The number of nitrogens with one attached hydrogen (secondary N) is 1. The number of rotatable bonds is 5. The second-order valence-corrected chi connectivity index (χ2v) is 8.69. The van der Waals surface area contributed by atoms with Crippen molar-refractivity contribution in [3.05, 3.63) is 89.2 Å². The van der Waals surface area contributed by atoms with Crippen LogP contribution in [0.2, 0.25) is 0 Å². The number of thiazole rings is 1. The van der Waals surface area contributed by atoms with Gasteiger partial charge in [0.2, 0.25) is 5.91 Å². The second kappa shape index (κ2) is 9.60. The van der Waals surface area contributed by atoms with Crippen molar-refractivity contribution < 1.29 is 18.7 Å². The Morgan fingerprint density at radius 1 is 1.06 bits per heavy atom. The van der Waals surface area contributed by atoms with Crippen molar-refractivity contribution in [3.8, 4) is 21.7 Å². The molecule has 174 valence electrons. The van der Waals surface area contributed by atoms with Crippen LogP contribution in [0.3, 0.4) is 0 Å². The summed E-state index contributed by atoms with van der Waals surface area (Å²) in [6.45, 7) is 2.03. The smallest absolute Gasteiger partial charge is 0.357 e. The molecular weight excluding hydrogens is 465 g/mol. The number of aromatic nitrogens is 1. The van der Waals surface area contributed by atoms with Crippen molar-refractivity contribution in [2.45, 2.75) is 13.3 Å². The van der Waals surface area contributed by atoms with Crippen LogP contribution in [0.5, 0.6) is 0 Å². The van der Waals surface area contributed by atoms with Crippen LogP contribution in [0.25, 0.3) is 21.7 Å². The van der Waals surface area contributed by atoms with Crippen LogP contribution in [0, 0.1) is 5.82 Å². The summed E-state index contributed by atoms with van der Waals surface area (Å²) in [6, 6.07) is 19.4. The first-order valence-electron chi connectivity index (χ1n) is 11.0. The zero-order valence-electron chi connectivity index (χ0n) is 18.7. The zero-order valence-corrected chi connectivity index (χ0v) is 19.6. The van der Waals surface area contributed by atoms with Gasteiger partial charge >= 0.3 is 5.97 Å². The van der Waals surface area contributed by atoms with Gasteiger partial charge in [0.05, 0.1) is 30.1 Å². The standard InChI is InChI=1S/C27H20FN3O3S/c1-2-34-27(33)24-15-35-26(31-24)18-7-5-6-17(12-18)22-14-25(32)30-23-13-16(10-11-21(23)29-22)19-8-3-4-9-20(19)28/h3-13,15H,2,14H2,1H3,(H,30,32). The van der Waals surface area contributed by atoms with E-state index in [1.165, 1.54) is 17.4 Å². The molecule has 2 heterocycles. The molecular formula is C27H20FN3O3S. The fraction of sp³-hybridized carbons (Fsp3) is 0.111. The highest BCUT2D eigenvalue weighted by Crippen LogP contribution is 2.35. The van der Waals surface area contributed by atoms with E-state index in [1.54, 1.807) is 48.7 Å². The molecule has 0 bridgehead atoms. The summed E-state index contributed by atoms with van der Waals surface area (Å²) < 4.78 is 19.3. The van der Waals surface area contributed by atoms with Gasteiger partial charge in [-0.15, -0.1) is 11.3 Å². The Balaban J connectivity index is 1.49. The fourth-order valence-corrected chi connectivity index (χ4v) is 4.62. The van der Waals surface area contributed by atoms with Crippen molar-refractivity contribution in [2.75, 3.05) is 11.9 Å². The Bertz CT molecular complexity index is 1480. The Morgan fingerprint density at radius 2 is 1.89 bits per heavy atom. The van der Waals surface area contributed by atoms with Crippen LogP contribution in [0.4, 0.5) is 15.8 Å². The molecule has 5 rings (SSSR count). The predicted octanol–water partition coefficient (Wildman–Crippen LogP) is 6.26. The van der Waals surface area contributed by atoms with E-state index in [9.17, 15) is 14.0 Å². The van der Waals surface area contributed by atoms with Crippen LogP contribution < -0.4 is 5.32 Å². The molecule has 6 nitrogen and oxygen atoms in total. The lowest BCUT2D eigenvalue weighted by Gasteiger charge is -2.09. The van der Waals surface area contributed by atoms with Crippen molar-refractivity contribution in [2.24, 2.45) is 4.99 Å². The average Bonchev–Trinajstić information content (AvgIpc) is 3.29. The molecule has 0 radical (unpaired) electrons. The van der Waals surface area contributed by atoms with Gasteiger partial charge in [0.1, 0.15) is 10.8 Å². The lowest BCUT2D eigenvalue weighted by atomic mass is 10.0. The molecule has 0 saturated carbocycles. The third-order valence-electron chi connectivity index (χ3n) is 5.47. The molecule has 1 aliphatic heterocycles. The summed E-state index contributed by atoms with van der Waals surface area (Å²) >= 11 is 1.34. The normalized spacial score (nSPS) is 12.9. The first-order chi connectivity index (χ1) is 17.0. The monoisotopic (exact) mass is 485 g/mol. The number of nitrogens with zero attached hydrogens (tertiary/aromatic N) is 2. The molecule has 0 fully saturated rings. The molecule has 4 aromatic rings. The summed E-state index contributed by atoms with van der Waals surface area (Å²) in [7, 11) is 0. The number of carbonyl (C=O) groups is 2. The van der Waals surface area contributed by atoms with E-state index in [1.807, 2.05) is 24.3 Å². The number of anilines is 1.